The lowest BCUT2D eigenvalue weighted by molar-refractivity contribution is -0.141. The normalized spacial score (nSPS) is 14.5. The third-order valence-electron chi connectivity index (χ3n) is 6.98. The summed E-state index contributed by atoms with van der Waals surface area (Å²) >= 11 is 0. The number of para-hydroxylation sites is 1. The van der Waals surface area contributed by atoms with Gasteiger partial charge in [-0.25, -0.2) is 4.68 Å². The number of carbonyl (C=O) groups is 2. The Labute approximate surface area is 239 Å². The maximum absolute atomic E-state index is 13.8. The van der Waals surface area contributed by atoms with E-state index in [1.165, 1.54) is 0 Å². The second-order valence-corrected chi connectivity index (χ2v) is 9.89. The minimum atomic E-state index is -0.588. The van der Waals surface area contributed by atoms with Crippen molar-refractivity contribution >= 4 is 17.9 Å². The van der Waals surface area contributed by atoms with E-state index in [0.717, 1.165) is 39.4 Å². The number of nitriles is 1. The summed E-state index contributed by atoms with van der Waals surface area (Å²) < 4.78 is 7.64. The van der Waals surface area contributed by atoms with Crippen molar-refractivity contribution in [2.45, 2.75) is 33.7 Å². The molecule has 1 aliphatic rings. The van der Waals surface area contributed by atoms with Gasteiger partial charge in [0.25, 0.3) is 11.8 Å². The molecule has 0 radical (unpaired) electrons. The Morgan fingerprint density at radius 3 is 2.32 bits per heavy atom. The molecule has 4 aromatic rings. The fourth-order valence-electron chi connectivity index (χ4n) is 4.80. The molecule has 7 heteroatoms. The summed E-state index contributed by atoms with van der Waals surface area (Å²) in [4.78, 5) is 28.1. The van der Waals surface area contributed by atoms with Crippen molar-refractivity contribution < 1.29 is 14.3 Å². The molecule has 3 aromatic carbocycles. The number of carbonyl (C=O) groups excluding carboxylic acids is 2. The smallest absolute Gasteiger partial charge is 0.271 e. The average Bonchev–Trinajstić information content (AvgIpc) is 3.42. The van der Waals surface area contributed by atoms with E-state index in [9.17, 15) is 14.9 Å². The number of imide groups is 1. The molecule has 7 nitrogen and oxygen atoms in total. The fourth-order valence-corrected chi connectivity index (χ4v) is 4.80. The lowest BCUT2D eigenvalue weighted by Gasteiger charge is -2.27. The van der Waals surface area contributed by atoms with Gasteiger partial charge in [-0.15, -0.1) is 0 Å². The van der Waals surface area contributed by atoms with Crippen LogP contribution in [0.2, 0.25) is 0 Å². The molecule has 0 bridgehead atoms. The van der Waals surface area contributed by atoms with Gasteiger partial charge in [-0.3, -0.25) is 14.5 Å². The van der Waals surface area contributed by atoms with Crippen LogP contribution in [0.1, 0.15) is 37.0 Å². The van der Waals surface area contributed by atoms with Gasteiger partial charge in [0.15, 0.2) is 0 Å². The Bertz CT molecular complexity index is 1710. The van der Waals surface area contributed by atoms with Crippen molar-refractivity contribution in [3.8, 4) is 28.8 Å². The number of amides is 2. The van der Waals surface area contributed by atoms with Gasteiger partial charge in [-0.2, -0.15) is 10.4 Å². The molecule has 0 unspecified atom stereocenters. The molecular weight excluding hydrogens is 512 g/mol. The molecule has 41 heavy (non-hydrogen) atoms. The molecule has 0 saturated heterocycles. The predicted octanol–water partition coefficient (Wildman–Crippen LogP) is 6.43. The highest BCUT2D eigenvalue weighted by atomic mass is 16.5. The molecule has 1 aromatic heterocycles. The van der Waals surface area contributed by atoms with Crippen LogP contribution in [-0.2, 0) is 16.1 Å². The monoisotopic (exact) mass is 542 g/mol. The van der Waals surface area contributed by atoms with Crippen LogP contribution in [0.15, 0.2) is 102 Å². The molecule has 0 aliphatic carbocycles. The molecular formula is C34H30N4O3. The molecule has 2 amide bonds. The largest absolute Gasteiger partial charge is 0.493 e. The van der Waals surface area contributed by atoms with Crippen LogP contribution in [-0.4, -0.2) is 33.1 Å². The summed E-state index contributed by atoms with van der Waals surface area (Å²) in [5.74, 6) is -0.226. The molecule has 0 fully saturated rings. The number of aromatic nitrogens is 2. The van der Waals surface area contributed by atoms with Crippen molar-refractivity contribution in [3.63, 3.8) is 0 Å². The number of aryl methyl sites for hydroxylation is 1. The number of hydrogen-bond donors (Lipinski definition) is 0. The van der Waals surface area contributed by atoms with Crippen molar-refractivity contribution in [1.82, 2.24) is 14.7 Å². The number of nitrogens with zero attached hydrogens (tertiary/aromatic N) is 4. The summed E-state index contributed by atoms with van der Waals surface area (Å²) in [6.07, 6.45) is 4.51. The molecule has 0 spiro atoms. The van der Waals surface area contributed by atoms with Crippen LogP contribution >= 0.6 is 0 Å². The Morgan fingerprint density at radius 1 is 0.951 bits per heavy atom. The van der Waals surface area contributed by atoms with Crippen molar-refractivity contribution in [1.29, 1.82) is 5.26 Å². The van der Waals surface area contributed by atoms with Crippen molar-refractivity contribution in [2.75, 3.05) is 6.61 Å². The topological polar surface area (TPSA) is 88.2 Å². The quantitative estimate of drug-likeness (QED) is 0.189. The summed E-state index contributed by atoms with van der Waals surface area (Å²) in [7, 11) is 0. The van der Waals surface area contributed by atoms with E-state index in [-0.39, 0.29) is 17.7 Å². The number of hydrogen-bond acceptors (Lipinski definition) is 5. The maximum Gasteiger partial charge on any atom is 0.271 e. The molecule has 0 atom stereocenters. The van der Waals surface area contributed by atoms with E-state index < -0.39 is 11.8 Å². The minimum Gasteiger partial charge on any atom is -0.493 e. The van der Waals surface area contributed by atoms with Crippen LogP contribution in [0.25, 0.3) is 23.0 Å². The maximum atomic E-state index is 13.8. The van der Waals surface area contributed by atoms with Crippen molar-refractivity contribution in [2.24, 2.45) is 0 Å². The van der Waals surface area contributed by atoms with Crippen LogP contribution in [0.5, 0.6) is 5.75 Å². The van der Waals surface area contributed by atoms with E-state index in [0.29, 0.717) is 23.4 Å². The molecule has 0 saturated carbocycles. The first-order chi connectivity index (χ1) is 19.9. The Morgan fingerprint density at radius 2 is 1.66 bits per heavy atom. The summed E-state index contributed by atoms with van der Waals surface area (Å²) in [5.41, 5.74) is 5.42. The van der Waals surface area contributed by atoms with E-state index in [4.69, 9.17) is 9.84 Å². The fraction of sp³-hybridized carbons (Fsp3) is 0.176. The van der Waals surface area contributed by atoms with E-state index >= 15 is 0 Å². The van der Waals surface area contributed by atoms with Crippen LogP contribution in [0, 0.1) is 18.3 Å². The third kappa shape index (κ3) is 5.59. The van der Waals surface area contributed by atoms with Crippen LogP contribution in [0.4, 0.5) is 0 Å². The number of rotatable bonds is 8. The van der Waals surface area contributed by atoms with Gasteiger partial charge in [0.1, 0.15) is 17.4 Å². The molecule has 0 N–H and O–H groups in total. The first kappa shape index (κ1) is 27.4. The summed E-state index contributed by atoms with van der Waals surface area (Å²) in [6, 6.07) is 26.9. The standard InChI is InChI=1S/C34H30N4O3/c1-4-17-41-31-16-15-26(18-23(31)2)32-27(22-38(36-32)28-13-9-6-10-14-28)19-29-24(3)30(20-35)34(40)37(33(29)39)21-25-11-7-5-8-12-25/h5-16,18-19,22H,4,17,21H2,1-3H3/b29-19+. The van der Waals surface area contributed by atoms with E-state index in [2.05, 4.69) is 6.92 Å². The zero-order valence-corrected chi connectivity index (χ0v) is 23.3. The van der Waals surface area contributed by atoms with Crippen molar-refractivity contribution in [3.05, 3.63) is 118 Å². The predicted molar refractivity (Wildman–Crippen MR) is 158 cm³/mol. The number of benzene rings is 3. The van der Waals surface area contributed by atoms with E-state index in [1.807, 2.05) is 98.1 Å². The zero-order chi connectivity index (χ0) is 28.9. The highest BCUT2D eigenvalue weighted by Crippen LogP contribution is 2.33. The molecule has 204 valence electrons. The second-order valence-electron chi connectivity index (χ2n) is 9.89. The minimum absolute atomic E-state index is 0.0444. The molecule has 1 aliphatic heterocycles. The van der Waals surface area contributed by atoms with Gasteiger partial charge in [-0.1, -0.05) is 55.5 Å². The zero-order valence-electron chi connectivity index (χ0n) is 23.3. The Balaban J connectivity index is 1.64. The van der Waals surface area contributed by atoms with Crippen LogP contribution in [0.3, 0.4) is 0 Å². The Hall–Kier alpha value is -5.22. The summed E-state index contributed by atoms with van der Waals surface area (Å²) in [5, 5.41) is 14.8. The Kier molecular flexibility index (Phi) is 7.93. The number of ether oxygens (including phenoxy) is 1. The third-order valence-corrected chi connectivity index (χ3v) is 6.98. The van der Waals surface area contributed by atoms with Gasteiger partial charge in [0, 0.05) is 22.9 Å². The highest BCUT2D eigenvalue weighted by Gasteiger charge is 2.35. The van der Waals surface area contributed by atoms with Crippen LogP contribution < -0.4 is 4.74 Å². The molecule has 5 rings (SSSR count). The summed E-state index contributed by atoms with van der Waals surface area (Å²) in [6.45, 7) is 6.40. The lowest BCUT2D eigenvalue weighted by Crippen LogP contribution is -2.42. The lowest BCUT2D eigenvalue weighted by atomic mass is 9.93. The van der Waals surface area contributed by atoms with Gasteiger partial charge in [-0.05, 0) is 73.4 Å². The van der Waals surface area contributed by atoms with Gasteiger partial charge < -0.3 is 4.74 Å². The van der Waals surface area contributed by atoms with E-state index in [1.54, 1.807) is 17.7 Å². The first-order valence-corrected chi connectivity index (χ1v) is 13.5. The van der Waals surface area contributed by atoms with Gasteiger partial charge in [0.05, 0.1) is 24.5 Å². The van der Waals surface area contributed by atoms with Gasteiger partial charge >= 0.3 is 0 Å². The second kappa shape index (κ2) is 11.9. The first-order valence-electron chi connectivity index (χ1n) is 13.5. The molecule has 2 heterocycles. The average molecular weight is 543 g/mol. The highest BCUT2D eigenvalue weighted by molar-refractivity contribution is 6.19. The SMILES string of the molecule is CCCOc1ccc(-c2nn(-c3ccccc3)cc2/C=C2/C(=O)N(Cc3ccccc3)C(=O)C(C#N)=C2C)cc1C. The van der Waals surface area contributed by atoms with Gasteiger partial charge in [0.2, 0.25) is 0 Å².